The number of anilines is 1. The number of amides is 2. The lowest BCUT2D eigenvalue weighted by Gasteiger charge is -2.12. The highest BCUT2D eigenvalue weighted by Crippen LogP contribution is 2.34. The lowest BCUT2D eigenvalue weighted by molar-refractivity contribution is -0.116. The van der Waals surface area contributed by atoms with E-state index in [-0.39, 0.29) is 17.8 Å². The van der Waals surface area contributed by atoms with Crippen LogP contribution in [0.2, 0.25) is 10.0 Å². The maximum Gasteiger partial charge on any atom is 0.251 e. The molecule has 0 saturated heterocycles. The first kappa shape index (κ1) is 20.8. The monoisotopic (exact) mass is 456 g/mol. The van der Waals surface area contributed by atoms with Gasteiger partial charge in [0.2, 0.25) is 5.91 Å². The van der Waals surface area contributed by atoms with Gasteiger partial charge in [-0.3, -0.25) is 9.59 Å². The molecule has 3 N–H and O–H groups in total. The summed E-state index contributed by atoms with van der Waals surface area (Å²) in [4.78, 5) is 28.8. The summed E-state index contributed by atoms with van der Waals surface area (Å²) in [5.41, 5.74) is 7.09. The molecule has 1 heterocycles. The first-order valence-corrected chi connectivity index (χ1v) is 9.89. The van der Waals surface area contributed by atoms with Crippen LogP contribution < -0.4 is 11.1 Å². The van der Waals surface area contributed by atoms with Crippen molar-refractivity contribution in [1.29, 1.82) is 0 Å². The van der Waals surface area contributed by atoms with Crippen molar-refractivity contribution < 1.29 is 14.0 Å². The van der Waals surface area contributed by atoms with Crippen molar-refractivity contribution in [3.8, 4) is 11.4 Å². The number of aromatic nitrogens is 2. The number of halogens is 3. The van der Waals surface area contributed by atoms with Crippen LogP contribution in [-0.4, -0.2) is 21.4 Å². The molecule has 0 bridgehead atoms. The number of carbonyl (C=O) groups excluding carboxylic acids is 2. The van der Waals surface area contributed by atoms with Gasteiger partial charge in [0.15, 0.2) is 0 Å². The van der Waals surface area contributed by atoms with Crippen molar-refractivity contribution >= 4 is 51.7 Å². The zero-order valence-corrected chi connectivity index (χ0v) is 17.4. The second kappa shape index (κ2) is 8.37. The number of rotatable bonds is 5. The number of imidazole rings is 1. The molecular weight excluding hydrogens is 442 g/mol. The molecule has 31 heavy (non-hydrogen) atoms. The van der Waals surface area contributed by atoms with Crippen LogP contribution in [0.15, 0.2) is 60.7 Å². The summed E-state index contributed by atoms with van der Waals surface area (Å²) in [6, 6.07) is 16.1. The van der Waals surface area contributed by atoms with Crippen LogP contribution in [0.5, 0.6) is 0 Å². The fourth-order valence-corrected chi connectivity index (χ4v) is 3.64. The second-order valence-corrected chi connectivity index (χ2v) is 7.50. The summed E-state index contributed by atoms with van der Waals surface area (Å²) in [6.45, 7) is -0.109. The fourth-order valence-electron chi connectivity index (χ4n) is 3.25. The number of nitrogens with two attached hydrogens (primary N) is 1. The van der Waals surface area contributed by atoms with Gasteiger partial charge in [-0.25, -0.2) is 9.37 Å². The molecule has 0 atom stereocenters. The van der Waals surface area contributed by atoms with Crippen LogP contribution in [0.1, 0.15) is 10.4 Å². The molecule has 0 saturated carbocycles. The van der Waals surface area contributed by atoms with Crippen LogP contribution in [0.3, 0.4) is 0 Å². The van der Waals surface area contributed by atoms with Gasteiger partial charge in [0, 0.05) is 11.3 Å². The molecule has 6 nitrogen and oxygen atoms in total. The quantitative estimate of drug-likeness (QED) is 0.447. The normalized spacial score (nSPS) is 10.9. The smallest absolute Gasteiger partial charge is 0.251 e. The Hall–Kier alpha value is -3.42. The fraction of sp³-hybridized carbons (Fsp3) is 0.0455. The van der Waals surface area contributed by atoms with E-state index < -0.39 is 17.6 Å². The number of primary amides is 1. The predicted molar refractivity (Wildman–Crippen MR) is 119 cm³/mol. The average molecular weight is 457 g/mol. The molecule has 0 aliphatic carbocycles. The van der Waals surface area contributed by atoms with E-state index in [1.807, 2.05) is 24.3 Å². The first-order valence-electron chi connectivity index (χ1n) is 9.14. The number of hydrogen-bond donors (Lipinski definition) is 2. The number of fused-ring (bicyclic) bond motifs is 1. The number of hydrogen-bond acceptors (Lipinski definition) is 3. The van der Waals surface area contributed by atoms with Gasteiger partial charge in [-0.2, -0.15) is 0 Å². The van der Waals surface area contributed by atoms with Crippen molar-refractivity contribution in [1.82, 2.24) is 9.55 Å². The minimum atomic E-state index is -0.924. The Labute approximate surface area is 186 Å². The number of benzene rings is 3. The van der Waals surface area contributed by atoms with Crippen LogP contribution in [-0.2, 0) is 11.3 Å². The number of para-hydroxylation sites is 2. The molecule has 4 rings (SSSR count). The van der Waals surface area contributed by atoms with E-state index in [1.54, 1.807) is 22.8 Å². The standard InChI is InChI=1S/C22H15Cl2FN4O2/c23-15-5-3-4-13(20(15)24)22-28-17-6-1-2-7-18(17)29(22)11-19(30)27-12-8-9-16(25)14(10-12)21(26)31/h1-10H,11H2,(H2,26,31)(H,27,30). The largest absolute Gasteiger partial charge is 0.366 e. The third-order valence-corrected chi connectivity index (χ3v) is 5.48. The van der Waals surface area contributed by atoms with Crippen LogP contribution in [0, 0.1) is 5.82 Å². The summed E-state index contributed by atoms with van der Waals surface area (Å²) in [5, 5.41) is 3.34. The van der Waals surface area contributed by atoms with Crippen LogP contribution in [0.4, 0.5) is 10.1 Å². The molecule has 3 aromatic carbocycles. The van der Waals surface area contributed by atoms with Gasteiger partial charge in [0.25, 0.3) is 5.91 Å². The van der Waals surface area contributed by atoms with Crippen molar-refractivity contribution in [2.75, 3.05) is 5.32 Å². The van der Waals surface area contributed by atoms with Gasteiger partial charge >= 0.3 is 0 Å². The van der Waals surface area contributed by atoms with Gasteiger partial charge in [-0.15, -0.1) is 0 Å². The van der Waals surface area contributed by atoms with E-state index in [0.717, 1.165) is 11.6 Å². The van der Waals surface area contributed by atoms with E-state index in [4.69, 9.17) is 28.9 Å². The van der Waals surface area contributed by atoms with Gasteiger partial charge in [-0.05, 0) is 42.5 Å². The van der Waals surface area contributed by atoms with E-state index in [0.29, 0.717) is 26.9 Å². The molecule has 0 unspecified atom stereocenters. The Balaban J connectivity index is 1.71. The molecular formula is C22H15Cl2FN4O2. The van der Waals surface area contributed by atoms with Crippen LogP contribution >= 0.6 is 23.2 Å². The molecule has 1 aromatic heterocycles. The number of nitrogens with zero attached hydrogens (tertiary/aromatic N) is 2. The van der Waals surface area contributed by atoms with E-state index in [2.05, 4.69) is 10.3 Å². The summed E-state index contributed by atoms with van der Waals surface area (Å²) >= 11 is 12.6. The Bertz CT molecular complexity index is 1340. The molecule has 9 heteroatoms. The van der Waals surface area contributed by atoms with Crippen molar-refractivity contribution in [2.24, 2.45) is 5.73 Å². The number of nitrogens with one attached hydrogen (secondary N) is 1. The minimum Gasteiger partial charge on any atom is -0.366 e. The Morgan fingerprint density at radius 1 is 1.06 bits per heavy atom. The van der Waals surface area contributed by atoms with Crippen LogP contribution in [0.25, 0.3) is 22.4 Å². The summed E-state index contributed by atoms with van der Waals surface area (Å²) in [5.74, 6) is -1.62. The van der Waals surface area contributed by atoms with Gasteiger partial charge in [-0.1, -0.05) is 41.4 Å². The molecule has 156 valence electrons. The summed E-state index contributed by atoms with van der Waals surface area (Å²) in [7, 11) is 0. The zero-order valence-electron chi connectivity index (χ0n) is 15.9. The summed E-state index contributed by atoms with van der Waals surface area (Å²) in [6.07, 6.45) is 0. The minimum absolute atomic E-state index is 0.109. The van der Waals surface area contributed by atoms with Gasteiger partial charge in [0.05, 0.1) is 26.6 Å². The molecule has 0 radical (unpaired) electrons. The van der Waals surface area contributed by atoms with E-state index >= 15 is 0 Å². The second-order valence-electron chi connectivity index (χ2n) is 6.72. The third kappa shape index (κ3) is 4.10. The zero-order chi connectivity index (χ0) is 22.1. The maximum absolute atomic E-state index is 13.7. The lowest BCUT2D eigenvalue weighted by Crippen LogP contribution is -2.20. The predicted octanol–water partition coefficient (Wildman–Crippen LogP) is 4.89. The molecule has 0 spiro atoms. The highest BCUT2D eigenvalue weighted by atomic mass is 35.5. The lowest BCUT2D eigenvalue weighted by atomic mass is 10.1. The highest BCUT2D eigenvalue weighted by Gasteiger charge is 2.19. The third-order valence-electron chi connectivity index (χ3n) is 4.66. The Morgan fingerprint density at radius 3 is 2.61 bits per heavy atom. The molecule has 2 amide bonds. The average Bonchev–Trinajstić information content (AvgIpc) is 3.09. The maximum atomic E-state index is 13.7. The van der Waals surface area contributed by atoms with Crippen molar-refractivity contribution in [2.45, 2.75) is 6.54 Å². The van der Waals surface area contributed by atoms with Gasteiger partial charge < -0.3 is 15.6 Å². The van der Waals surface area contributed by atoms with E-state index in [1.165, 1.54) is 12.1 Å². The topological polar surface area (TPSA) is 90.0 Å². The molecule has 0 aliphatic heterocycles. The molecule has 0 fully saturated rings. The Kier molecular flexibility index (Phi) is 5.63. The van der Waals surface area contributed by atoms with Gasteiger partial charge in [0.1, 0.15) is 18.2 Å². The molecule has 0 aliphatic rings. The first-order chi connectivity index (χ1) is 14.8. The SMILES string of the molecule is NC(=O)c1cc(NC(=O)Cn2c(-c3cccc(Cl)c3Cl)nc3ccccc32)ccc1F. The van der Waals surface area contributed by atoms with Crippen molar-refractivity contribution in [3.05, 3.63) is 82.1 Å². The Morgan fingerprint density at radius 2 is 1.84 bits per heavy atom. The highest BCUT2D eigenvalue weighted by molar-refractivity contribution is 6.43. The number of carbonyl (C=O) groups is 2. The van der Waals surface area contributed by atoms with E-state index in [9.17, 15) is 14.0 Å². The molecule has 4 aromatic rings. The van der Waals surface area contributed by atoms with Crippen molar-refractivity contribution in [3.63, 3.8) is 0 Å². The summed E-state index contributed by atoms with van der Waals surface area (Å²) < 4.78 is 15.4.